The van der Waals surface area contributed by atoms with Crippen molar-refractivity contribution in [3.05, 3.63) is 30.0 Å². The maximum Gasteiger partial charge on any atom is 0.204 e. The molecule has 0 spiro atoms. The summed E-state index contributed by atoms with van der Waals surface area (Å²) in [6, 6.07) is 1.93. The van der Waals surface area contributed by atoms with E-state index in [0.29, 0.717) is 37.1 Å². The lowest BCUT2D eigenvalue weighted by atomic mass is 10.0. The molecule has 2 rings (SSSR count). The molecule has 1 aromatic carbocycles. The summed E-state index contributed by atoms with van der Waals surface area (Å²) in [5.41, 5.74) is 2.76. The van der Waals surface area contributed by atoms with Gasteiger partial charge in [-0.2, -0.15) is 0 Å². The molecule has 1 unspecified atom stereocenters. The second-order valence-electron chi connectivity index (χ2n) is 4.96. The smallest absolute Gasteiger partial charge is 0.204 e. The van der Waals surface area contributed by atoms with Crippen molar-refractivity contribution in [3.8, 4) is 17.2 Å². The van der Waals surface area contributed by atoms with Gasteiger partial charge in [0.1, 0.15) is 13.2 Å². The maximum atomic E-state index is 5.84. The average Bonchev–Trinajstić information content (AvgIpc) is 2.47. The van der Waals surface area contributed by atoms with Gasteiger partial charge >= 0.3 is 0 Å². The van der Waals surface area contributed by atoms with Crippen LogP contribution in [0.15, 0.2) is 23.8 Å². The van der Waals surface area contributed by atoms with Crippen molar-refractivity contribution in [1.82, 2.24) is 0 Å². The molecule has 0 aliphatic carbocycles. The number of nitrogens with zero attached hydrogens (tertiary/aromatic N) is 1. The van der Waals surface area contributed by atoms with Crippen molar-refractivity contribution in [2.24, 2.45) is 4.99 Å². The molecule has 22 heavy (non-hydrogen) atoms. The molecule has 1 aromatic rings. The first kappa shape index (κ1) is 16.4. The molecule has 0 bridgehead atoms. The summed E-state index contributed by atoms with van der Waals surface area (Å²) in [5, 5.41) is 0. The van der Waals surface area contributed by atoms with Gasteiger partial charge in [-0.1, -0.05) is 6.58 Å². The van der Waals surface area contributed by atoms with E-state index in [2.05, 4.69) is 11.6 Å². The number of rotatable bonds is 6. The van der Waals surface area contributed by atoms with Crippen LogP contribution in [0.2, 0.25) is 0 Å². The van der Waals surface area contributed by atoms with Crippen LogP contribution >= 0.6 is 0 Å². The molecule has 1 atom stereocenters. The van der Waals surface area contributed by atoms with Crippen molar-refractivity contribution >= 4 is 5.71 Å². The lowest BCUT2D eigenvalue weighted by Gasteiger charge is -2.26. The van der Waals surface area contributed by atoms with Crippen LogP contribution in [0.4, 0.5) is 0 Å². The van der Waals surface area contributed by atoms with E-state index in [0.717, 1.165) is 16.8 Å². The Morgan fingerprint density at radius 2 is 2.09 bits per heavy atom. The fraction of sp³-hybridized carbons (Fsp3) is 0.471. The molecule has 1 aliphatic heterocycles. The first-order chi connectivity index (χ1) is 10.6. The number of hydrogen-bond donors (Lipinski definition) is 0. The largest absolute Gasteiger partial charge is 0.485 e. The van der Waals surface area contributed by atoms with Gasteiger partial charge in [0.25, 0.3) is 0 Å². The molecular weight excluding hydrogens is 282 g/mol. The number of ether oxygens (including phenoxy) is 4. The summed E-state index contributed by atoms with van der Waals surface area (Å²) in [5.74, 6) is 1.91. The minimum absolute atomic E-state index is 0.354. The second-order valence-corrected chi connectivity index (χ2v) is 4.96. The number of fused-ring (bicyclic) bond motifs is 1. The zero-order chi connectivity index (χ0) is 16.1. The quantitative estimate of drug-likeness (QED) is 0.596. The van der Waals surface area contributed by atoms with Gasteiger partial charge in [0.05, 0.1) is 0 Å². The summed E-state index contributed by atoms with van der Waals surface area (Å²) < 4.78 is 22.9. The minimum Gasteiger partial charge on any atom is -0.485 e. The number of aliphatic imine (C=N–C) groups is 1. The van der Waals surface area contributed by atoms with Crippen LogP contribution in [0.25, 0.3) is 0 Å². The summed E-state index contributed by atoms with van der Waals surface area (Å²) >= 11 is 0. The Balaban J connectivity index is 2.48. The number of hydrogen-bond acceptors (Lipinski definition) is 5. The first-order valence-electron chi connectivity index (χ1n) is 7.45. The molecule has 5 heteroatoms. The van der Waals surface area contributed by atoms with Crippen molar-refractivity contribution in [2.75, 3.05) is 19.8 Å². The van der Waals surface area contributed by atoms with E-state index in [1.807, 2.05) is 33.8 Å². The van der Waals surface area contributed by atoms with Crippen LogP contribution in [-0.4, -0.2) is 31.8 Å². The highest BCUT2D eigenvalue weighted by Gasteiger charge is 2.25. The monoisotopic (exact) mass is 305 g/mol. The van der Waals surface area contributed by atoms with Crippen LogP contribution in [0.5, 0.6) is 17.2 Å². The van der Waals surface area contributed by atoms with E-state index in [-0.39, 0.29) is 6.29 Å². The van der Waals surface area contributed by atoms with Gasteiger partial charge in [0.2, 0.25) is 5.75 Å². The van der Waals surface area contributed by atoms with Crippen LogP contribution in [0.3, 0.4) is 0 Å². The lowest BCUT2D eigenvalue weighted by Crippen LogP contribution is -2.21. The Morgan fingerprint density at radius 1 is 1.41 bits per heavy atom. The molecule has 0 saturated heterocycles. The molecule has 0 radical (unpaired) electrons. The van der Waals surface area contributed by atoms with E-state index < -0.39 is 0 Å². The van der Waals surface area contributed by atoms with Crippen molar-refractivity contribution < 1.29 is 18.9 Å². The van der Waals surface area contributed by atoms with Gasteiger partial charge in [0, 0.05) is 24.1 Å². The molecule has 5 nitrogen and oxygen atoms in total. The third-order valence-electron chi connectivity index (χ3n) is 3.32. The SMILES string of the molecule is C=CN=C(C)c1c(C)cc(OC(C)OCC)c2c1OCCO2. The highest BCUT2D eigenvalue weighted by molar-refractivity contribution is 6.04. The zero-order valence-electron chi connectivity index (χ0n) is 13.6. The van der Waals surface area contributed by atoms with Gasteiger partial charge in [-0.3, -0.25) is 4.99 Å². The molecule has 0 saturated carbocycles. The normalized spacial score (nSPS) is 15.4. The highest BCUT2D eigenvalue weighted by Crippen LogP contribution is 2.44. The van der Waals surface area contributed by atoms with Crippen LogP contribution in [-0.2, 0) is 4.74 Å². The third-order valence-corrected chi connectivity index (χ3v) is 3.32. The van der Waals surface area contributed by atoms with E-state index >= 15 is 0 Å². The van der Waals surface area contributed by atoms with Crippen molar-refractivity contribution in [1.29, 1.82) is 0 Å². The highest BCUT2D eigenvalue weighted by atomic mass is 16.7. The van der Waals surface area contributed by atoms with Gasteiger partial charge in [-0.15, -0.1) is 0 Å². The Hall–Kier alpha value is -2.01. The average molecular weight is 305 g/mol. The van der Waals surface area contributed by atoms with Gasteiger partial charge in [-0.05, 0) is 39.3 Å². The Kier molecular flexibility index (Phi) is 5.44. The molecule has 0 fully saturated rings. The summed E-state index contributed by atoms with van der Waals surface area (Å²) in [7, 11) is 0. The Bertz CT molecular complexity index is 581. The predicted octanol–water partition coefficient (Wildman–Crippen LogP) is 3.48. The zero-order valence-corrected chi connectivity index (χ0v) is 13.6. The molecule has 1 heterocycles. The first-order valence-corrected chi connectivity index (χ1v) is 7.45. The molecule has 120 valence electrons. The number of benzene rings is 1. The fourth-order valence-corrected chi connectivity index (χ4v) is 2.49. The van der Waals surface area contributed by atoms with Gasteiger partial charge < -0.3 is 18.9 Å². The molecule has 0 amide bonds. The second kappa shape index (κ2) is 7.31. The minimum atomic E-state index is -0.354. The topological polar surface area (TPSA) is 49.3 Å². The maximum absolute atomic E-state index is 5.84. The van der Waals surface area contributed by atoms with Crippen molar-refractivity contribution in [3.63, 3.8) is 0 Å². The van der Waals surface area contributed by atoms with E-state index in [1.54, 1.807) is 0 Å². The van der Waals surface area contributed by atoms with Crippen LogP contribution in [0.1, 0.15) is 31.9 Å². The lowest BCUT2D eigenvalue weighted by molar-refractivity contribution is -0.0631. The summed E-state index contributed by atoms with van der Waals surface area (Å²) in [6.07, 6.45) is 1.17. The summed E-state index contributed by atoms with van der Waals surface area (Å²) in [6.45, 7) is 12.9. The third kappa shape index (κ3) is 3.42. The van der Waals surface area contributed by atoms with Gasteiger partial charge in [0.15, 0.2) is 17.8 Å². The molecule has 0 N–H and O–H groups in total. The van der Waals surface area contributed by atoms with Crippen LogP contribution < -0.4 is 14.2 Å². The van der Waals surface area contributed by atoms with Crippen molar-refractivity contribution in [2.45, 2.75) is 34.0 Å². The standard InChI is InChI=1S/C17H23NO4/c1-6-18-12(4)15-11(3)10-14(22-13(5)19-7-2)16-17(15)21-9-8-20-16/h6,10,13H,1,7-9H2,2-5H3. The van der Waals surface area contributed by atoms with E-state index in [1.165, 1.54) is 6.20 Å². The van der Waals surface area contributed by atoms with Gasteiger partial charge in [-0.25, -0.2) is 0 Å². The van der Waals surface area contributed by atoms with E-state index in [4.69, 9.17) is 18.9 Å². The Morgan fingerprint density at radius 3 is 2.73 bits per heavy atom. The number of aryl methyl sites for hydroxylation is 1. The molecular formula is C17H23NO4. The summed E-state index contributed by atoms with van der Waals surface area (Å²) in [4.78, 5) is 4.26. The van der Waals surface area contributed by atoms with E-state index in [9.17, 15) is 0 Å². The predicted molar refractivity (Wildman–Crippen MR) is 86.3 cm³/mol. The molecule has 0 aromatic heterocycles. The molecule has 1 aliphatic rings. The fourth-order valence-electron chi connectivity index (χ4n) is 2.49. The Labute approximate surface area is 131 Å². The van der Waals surface area contributed by atoms with Crippen LogP contribution in [0, 0.1) is 6.92 Å².